The molecule has 0 amide bonds. The van der Waals surface area contributed by atoms with E-state index >= 15 is 4.39 Å². The van der Waals surface area contributed by atoms with E-state index in [4.69, 9.17) is 5.26 Å². The number of nitriles is 1. The Bertz CT molecular complexity index is 1110. The van der Waals surface area contributed by atoms with Crippen molar-refractivity contribution in [1.82, 2.24) is 0 Å². The molecule has 142 valence electrons. The lowest BCUT2D eigenvalue weighted by Crippen LogP contribution is -2.17. The SMILES string of the molecule is CCCc1ccc2c(F)c(C3CCc4c(cc(F)c(C#N)c4F)C3)ccc2c1. The molecule has 3 aromatic rings. The molecule has 0 bridgehead atoms. The number of benzene rings is 3. The van der Waals surface area contributed by atoms with Crippen LogP contribution in [0.2, 0.25) is 0 Å². The number of halogens is 3. The minimum atomic E-state index is -0.846. The number of aryl methyl sites for hydroxylation is 1. The Morgan fingerprint density at radius 1 is 1.07 bits per heavy atom. The molecule has 28 heavy (non-hydrogen) atoms. The summed E-state index contributed by atoms with van der Waals surface area (Å²) in [5, 5.41) is 10.4. The van der Waals surface area contributed by atoms with E-state index in [9.17, 15) is 8.78 Å². The van der Waals surface area contributed by atoms with E-state index in [1.165, 1.54) is 11.6 Å². The summed E-state index contributed by atoms with van der Waals surface area (Å²) in [6.45, 7) is 2.11. The van der Waals surface area contributed by atoms with Gasteiger partial charge < -0.3 is 0 Å². The molecule has 1 unspecified atom stereocenters. The average Bonchev–Trinajstić information content (AvgIpc) is 2.68. The molecule has 0 saturated carbocycles. The van der Waals surface area contributed by atoms with E-state index in [-0.39, 0.29) is 11.7 Å². The van der Waals surface area contributed by atoms with Crippen molar-refractivity contribution in [3.8, 4) is 6.07 Å². The second-order valence-electron chi connectivity index (χ2n) is 7.51. The lowest BCUT2D eigenvalue weighted by atomic mass is 9.78. The van der Waals surface area contributed by atoms with Crippen LogP contribution in [0.1, 0.15) is 53.5 Å². The molecule has 0 saturated heterocycles. The van der Waals surface area contributed by atoms with Crippen LogP contribution in [0.4, 0.5) is 13.2 Å². The number of hydrogen-bond donors (Lipinski definition) is 0. The van der Waals surface area contributed by atoms with E-state index in [0.29, 0.717) is 41.3 Å². The van der Waals surface area contributed by atoms with Crippen molar-refractivity contribution in [2.75, 3.05) is 0 Å². The predicted molar refractivity (Wildman–Crippen MR) is 104 cm³/mol. The second kappa shape index (κ2) is 7.31. The summed E-state index contributed by atoms with van der Waals surface area (Å²) in [4.78, 5) is 0. The average molecular weight is 379 g/mol. The van der Waals surface area contributed by atoms with Gasteiger partial charge in [0.1, 0.15) is 29.1 Å². The summed E-state index contributed by atoms with van der Waals surface area (Å²) in [6.07, 6.45) is 3.30. The third-order valence-electron chi connectivity index (χ3n) is 5.76. The minimum Gasteiger partial charge on any atom is -0.206 e. The summed E-state index contributed by atoms with van der Waals surface area (Å²) >= 11 is 0. The third kappa shape index (κ3) is 3.05. The molecule has 0 spiro atoms. The summed E-state index contributed by atoms with van der Waals surface area (Å²) in [5.41, 5.74) is 2.17. The first kappa shape index (κ1) is 18.6. The van der Waals surface area contributed by atoms with Crippen molar-refractivity contribution in [3.05, 3.63) is 81.7 Å². The largest absolute Gasteiger partial charge is 0.206 e. The van der Waals surface area contributed by atoms with Gasteiger partial charge in [-0.3, -0.25) is 0 Å². The third-order valence-corrected chi connectivity index (χ3v) is 5.76. The smallest absolute Gasteiger partial charge is 0.147 e. The molecular formula is C24H20F3N. The van der Waals surface area contributed by atoms with E-state index < -0.39 is 17.2 Å². The van der Waals surface area contributed by atoms with Crippen molar-refractivity contribution in [2.45, 2.75) is 44.9 Å². The summed E-state index contributed by atoms with van der Waals surface area (Å²) in [6, 6.07) is 12.4. The lowest BCUT2D eigenvalue weighted by molar-refractivity contribution is 0.505. The predicted octanol–water partition coefficient (Wildman–Crippen LogP) is 6.35. The van der Waals surface area contributed by atoms with Gasteiger partial charge in [0.05, 0.1) is 0 Å². The quantitative estimate of drug-likeness (QED) is 0.520. The van der Waals surface area contributed by atoms with Crippen LogP contribution in [-0.2, 0) is 19.3 Å². The zero-order valence-corrected chi connectivity index (χ0v) is 15.7. The van der Waals surface area contributed by atoms with Crippen molar-refractivity contribution in [3.63, 3.8) is 0 Å². The Morgan fingerprint density at radius 2 is 1.89 bits per heavy atom. The van der Waals surface area contributed by atoms with Crippen molar-refractivity contribution < 1.29 is 13.2 Å². The molecule has 0 N–H and O–H groups in total. The highest BCUT2D eigenvalue weighted by molar-refractivity contribution is 5.84. The van der Waals surface area contributed by atoms with Crippen LogP contribution in [0.25, 0.3) is 10.8 Å². The number of fused-ring (bicyclic) bond motifs is 2. The molecule has 0 aliphatic heterocycles. The Labute approximate surface area is 162 Å². The topological polar surface area (TPSA) is 23.8 Å². The maximum absolute atomic E-state index is 15.2. The molecule has 1 nitrogen and oxygen atoms in total. The molecule has 0 aromatic heterocycles. The van der Waals surface area contributed by atoms with Crippen molar-refractivity contribution >= 4 is 10.8 Å². The van der Waals surface area contributed by atoms with Gasteiger partial charge in [0.2, 0.25) is 0 Å². The zero-order chi connectivity index (χ0) is 19.8. The molecule has 3 aromatic carbocycles. The van der Waals surface area contributed by atoms with Gasteiger partial charge >= 0.3 is 0 Å². The van der Waals surface area contributed by atoms with Crippen LogP contribution in [0.5, 0.6) is 0 Å². The van der Waals surface area contributed by atoms with Gasteiger partial charge in [0, 0.05) is 5.39 Å². The maximum atomic E-state index is 15.2. The van der Waals surface area contributed by atoms with Crippen LogP contribution in [0.3, 0.4) is 0 Å². The van der Waals surface area contributed by atoms with Gasteiger partial charge in [0.25, 0.3) is 0 Å². The molecule has 0 fully saturated rings. The van der Waals surface area contributed by atoms with Crippen LogP contribution in [0.15, 0.2) is 36.4 Å². The molecule has 1 aliphatic rings. The normalized spacial score (nSPS) is 16.0. The van der Waals surface area contributed by atoms with Gasteiger partial charge in [-0.25, -0.2) is 13.2 Å². The van der Waals surface area contributed by atoms with E-state index in [1.807, 2.05) is 24.3 Å². The van der Waals surface area contributed by atoms with Gasteiger partial charge in [-0.05, 0) is 65.3 Å². The first-order valence-corrected chi connectivity index (χ1v) is 9.64. The molecular weight excluding hydrogens is 359 g/mol. The second-order valence-corrected chi connectivity index (χ2v) is 7.51. The Hall–Kier alpha value is -2.80. The molecule has 1 atom stereocenters. The molecule has 4 heteroatoms. The molecule has 0 heterocycles. The number of nitrogens with zero attached hydrogens (tertiary/aromatic N) is 1. The molecule has 0 radical (unpaired) electrons. The van der Waals surface area contributed by atoms with Crippen LogP contribution < -0.4 is 0 Å². The zero-order valence-electron chi connectivity index (χ0n) is 15.7. The summed E-state index contributed by atoms with van der Waals surface area (Å²) < 4.78 is 43.6. The molecule has 4 rings (SSSR count). The van der Waals surface area contributed by atoms with Crippen molar-refractivity contribution in [1.29, 1.82) is 5.26 Å². The number of rotatable bonds is 3. The number of hydrogen-bond acceptors (Lipinski definition) is 1. The monoisotopic (exact) mass is 379 g/mol. The first-order valence-electron chi connectivity index (χ1n) is 9.64. The van der Waals surface area contributed by atoms with Crippen LogP contribution >= 0.6 is 0 Å². The van der Waals surface area contributed by atoms with Gasteiger partial charge in [-0.2, -0.15) is 5.26 Å². The molecule has 1 aliphatic carbocycles. The maximum Gasteiger partial charge on any atom is 0.147 e. The summed E-state index contributed by atoms with van der Waals surface area (Å²) in [5.74, 6) is -2.00. The highest BCUT2D eigenvalue weighted by Gasteiger charge is 2.28. The summed E-state index contributed by atoms with van der Waals surface area (Å²) in [7, 11) is 0. The highest BCUT2D eigenvalue weighted by atomic mass is 19.1. The Balaban J connectivity index is 1.71. The highest BCUT2D eigenvalue weighted by Crippen LogP contribution is 2.38. The lowest BCUT2D eigenvalue weighted by Gasteiger charge is -2.26. The van der Waals surface area contributed by atoms with Gasteiger partial charge in [-0.15, -0.1) is 0 Å². The van der Waals surface area contributed by atoms with Gasteiger partial charge in [-0.1, -0.05) is 43.7 Å². The minimum absolute atomic E-state index is 0.140. The van der Waals surface area contributed by atoms with Crippen LogP contribution in [0, 0.1) is 28.8 Å². The van der Waals surface area contributed by atoms with E-state index in [1.54, 1.807) is 12.1 Å². The fourth-order valence-electron chi connectivity index (χ4n) is 4.33. The van der Waals surface area contributed by atoms with E-state index in [2.05, 4.69) is 6.92 Å². The van der Waals surface area contributed by atoms with Gasteiger partial charge in [0.15, 0.2) is 0 Å². The van der Waals surface area contributed by atoms with Crippen molar-refractivity contribution in [2.24, 2.45) is 0 Å². The Morgan fingerprint density at radius 3 is 2.64 bits per heavy atom. The fourth-order valence-corrected chi connectivity index (χ4v) is 4.33. The first-order chi connectivity index (χ1) is 13.5. The standard InChI is InChI=1S/C24H20F3N/c1-2-3-14-4-7-18-15(10-14)5-8-19(23(18)26)16-6-9-20-17(11-16)12-22(25)21(13-28)24(20)27/h4-5,7-8,10,12,16H,2-3,6,9,11H2,1H3. The Kier molecular flexibility index (Phi) is 4.85. The van der Waals surface area contributed by atoms with E-state index in [0.717, 1.165) is 18.2 Å². The fraction of sp³-hybridized carbons (Fsp3) is 0.292. The van der Waals surface area contributed by atoms with Crippen LogP contribution in [-0.4, -0.2) is 0 Å².